The Morgan fingerprint density at radius 3 is 2.74 bits per heavy atom. The average Bonchev–Trinajstić information content (AvgIpc) is 3.32. The topological polar surface area (TPSA) is 84.5 Å². The number of nitrogens with one attached hydrogen (secondary N) is 1. The third-order valence-corrected chi connectivity index (χ3v) is 4.72. The van der Waals surface area contributed by atoms with Crippen molar-refractivity contribution in [1.29, 1.82) is 0 Å². The van der Waals surface area contributed by atoms with Gasteiger partial charge in [-0.15, -0.1) is 0 Å². The van der Waals surface area contributed by atoms with E-state index in [1.807, 2.05) is 66.2 Å². The number of pyridine rings is 1. The SMILES string of the molecule is Cn1nccc1-c1ccn2c(C(Cc3ccccc3)C(=O)NO)cnc2c1. The molecule has 0 fully saturated rings. The lowest BCUT2D eigenvalue weighted by Gasteiger charge is -2.15. The molecule has 0 aliphatic heterocycles. The Balaban J connectivity index is 1.74. The number of carbonyl (C=O) groups is 1. The third kappa shape index (κ3) is 3.20. The average molecular weight is 361 g/mol. The molecule has 1 atom stereocenters. The smallest absolute Gasteiger partial charge is 0.252 e. The number of amides is 1. The molecule has 7 heteroatoms. The van der Waals surface area contributed by atoms with Gasteiger partial charge in [-0.2, -0.15) is 5.10 Å². The Morgan fingerprint density at radius 1 is 1.22 bits per heavy atom. The molecule has 1 amide bonds. The molecule has 0 saturated heterocycles. The molecule has 27 heavy (non-hydrogen) atoms. The van der Waals surface area contributed by atoms with Crippen LogP contribution in [0.2, 0.25) is 0 Å². The molecule has 0 radical (unpaired) electrons. The van der Waals surface area contributed by atoms with Gasteiger partial charge < -0.3 is 4.40 Å². The van der Waals surface area contributed by atoms with Crippen molar-refractivity contribution in [3.05, 3.63) is 78.4 Å². The lowest BCUT2D eigenvalue weighted by molar-refractivity contribution is -0.130. The zero-order chi connectivity index (χ0) is 18.8. The van der Waals surface area contributed by atoms with E-state index in [0.717, 1.165) is 28.2 Å². The number of aromatic nitrogens is 4. The number of fused-ring (bicyclic) bond motifs is 1. The van der Waals surface area contributed by atoms with Gasteiger partial charge in [-0.1, -0.05) is 30.3 Å². The number of benzene rings is 1. The summed E-state index contributed by atoms with van der Waals surface area (Å²) in [6.45, 7) is 0. The molecule has 3 aromatic heterocycles. The predicted octanol–water partition coefficient (Wildman–Crippen LogP) is 2.57. The second-order valence-electron chi connectivity index (χ2n) is 6.39. The van der Waals surface area contributed by atoms with Crippen LogP contribution in [0.5, 0.6) is 0 Å². The number of aryl methyl sites for hydroxylation is 1. The molecule has 0 bridgehead atoms. The van der Waals surface area contributed by atoms with Crippen LogP contribution in [0.1, 0.15) is 17.2 Å². The van der Waals surface area contributed by atoms with Crippen molar-refractivity contribution >= 4 is 11.6 Å². The summed E-state index contributed by atoms with van der Waals surface area (Å²) in [5, 5.41) is 13.4. The van der Waals surface area contributed by atoms with E-state index in [9.17, 15) is 10.0 Å². The Morgan fingerprint density at radius 2 is 2.04 bits per heavy atom. The van der Waals surface area contributed by atoms with Gasteiger partial charge in [-0.05, 0) is 30.2 Å². The second-order valence-corrected chi connectivity index (χ2v) is 6.39. The first kappa shape index (κ1) is 17.0. The first-order chi connectivity index (χ1) is 13.2. The normalized spacial score (nSPS) is 12.2. The van der Waals surface area contributed by atoms with Crippen LogP contribution in [0, 0.1) is 0 Å². The van der Waals surface area contributed by atoms with Crippen molar-refractivity contribution in [2.75, 3.05) is 0 Å². The first-order valence-electron chi connectivity index (χ1n) is 8.60. The summed E-state index contributed by atoms with van der Waals surface area (Å²) in [7, 11) is 1.89. The van der Waals surface area contributed by atoms with Crippen LogP contribution in [-0.4, -0.2) is 30.3 Å². The van der Waals surface area contributed by atoms with Gasteiger partial charge in [0.05, 0.1) is 23.5 Å². The van der Waals surface area contributed by atoms with E-state index in [-0.39, 0.29) is 0 Å². The molecule has 136 valence electrons. The number of hydrogen-bond donors (Lipinski definition) is 2. The van der Waals surface area contributed by atoms with Crippen LogP contribution in [0.25, 0.3) is 16.9 Å². The first-order valence-corrected chi connectivity index (χ1v) is 8.60. The van der Waals surface area contributed by atoms with E-state index in [1.54, 1.807) is 22.6 Å². The summed E-state index contributed by atoms with van der Waals surface area (Å²) >= 11 is 0. The third-order valence-electron chi connectivity index (χ3n) is 4.72. The van der Waals surface area contributed by atoms with Gasteiger partial charge in [-0.3, -0.25) is 14.7 Å². The minimum absolute atomic E-state index is 0.462. The molecule has 0 aliphatic rings. The fourth-order valence-electron chi connectivity index (χ4n) is 3.33. The standard InChI is InChI=1S/C20H19N5O2/c1-24-17(7-9-22-24)15-8-10-25-18(13-21-19(25)12-15)16(20(26)23-27)11-14-5-3-2-4-6-14/h2-10,12-13,16,27H,11H2,1H3,(H,23,26). The van der Waals surface area contributed by atoms with Crippen molar-refractivity contribution in [2.24, 2.45) is 7.05 Å². The number of rotatable bonds is 5. The van der Waals surface area contributed by atoms with Crippen LogP contribution >= 0.6 is 0 Å². The minimum Gasteiger partial charge on any atom is -0.303 e. The number of nitrogens with zero attached hydrogens (tertiary/aromatic N) is 4. The summed E-state index contributed by atoms with van der Waals surface area (Å²) in [5.74, 6) is -1.02. The van der Waals surface area contributed by atoms with Crippen molar-refractivity contribution in [3.8, 4) is 11.3 Å². The van der Waals surface area contributed by atoms with E-state index in [0.29, 0.717) is 6.42 Å². The van der Waals surface area contributed by atoms with Crippen LogP contribution in [0.15, 0.2) is 67.1 Å². The molecule has 4 aromatic rings. The van der Waals surface area contributed by atoms with Gasteiger partial charge in [0.1, 0.15) is 5.65 Å². The maximum absolute atomic E-state index is 12.3. The van der Waals surface area contributed by atoms with Gasteiger partial charge in [0.25, 0.3) is 5.91 Å². The quantitative estimate of drug-likeness (QED) is 0.423. The van der Waals surface area contributed by atoms with Crippen molar-refractivity contribution in [3.63, 3.8) is 0 Å². The molecule has 4 rings (SSSR count). The summed E-state index contributed by atoms with van der Waals surface area (Å²) in [6.07, 6.45) is 5.79. The maximum Gasteiger partial charge on any atom is 0.252 e. The molecule has 3 heterocycles. The van der Waals surface area contributed by atoms with Gasteiger partial charge >= 0.3 is 0 Å². The highest BCUT2D eigenvalue weighted by Gasteiger charge is 2.24. The van der Waals surface area contributed by atoms with E-state index in [1.165, 1.54) is 0 Å². The number of carbonyl (C=O) groups excluding carboxylic acids is 1. The Bertz CT molecular complexity index is 1080. The Kier molecular flexibility index (Phi) is 4.43. The second kappa shape index (κ2) is 7.05. The monoisotopic (exact) mass is 361 g/mol. The summed E-state index contributed by atoms with van der Waals surface area (Å²) < 4.78 is 3.68. The van der Waals surface area contributed by atoms with E-state index in [4.69, 9.17) is 0 Å². The molecule has 0 spiro atoms. The Labute approximate surface area is 155 Å². The molecule has 0 aliphatic carbocycles. The highest BCUT2D eigenvalue weighted by atomic mass is 16.5. The summed E-state index contributed by atoms with van der Waals surface area (Å²) in [5.41, 5.74) is 6.22. The fourth-order valence-corrected chi connectivity index (χ4v) is 3.33. The van der Waals surface area contributed by atoms with Crippen LogP contribution < -0.4 is 5.48 Å². The van der Waals surface area contributed by atoms with Gasteiger partial charge in [0, 0.05) is 25.0 Å². The molecule has 1 unspecified atom stereocenters. The van der Waals surface area contributed by atoms with E-state index >= 15 is 0 Å². The minimum atomic E-state index is -0.560. The van der Waals surface area contributed by atoms with Gasteiger partial charge in [0.2, 0.25) is 0 Å². The predicted molar refractivity (Wildman–Crippen MR) is 100 cm³/mol. The van der Waals surface area contributed by atoms with E-state index in [2.05, 4.69) is 10.1 Å². The highest BCUT2D eigenvalue weighted by Crippen LogP contribution is 2.25. The molecule has 0 saturated carbocycles. The van der Waals surface area contributed by atoms with Crippen molar-refractivity contribution < 1.29 is 10.0 Å². The number of hydrogen-bond acceptors (Lipinski definition) is 4. The lowest BCUT2D eigenvalue weighted by Crippen LogP contribution is -2.28. The van der Waals surface area contributed by atoms with Crippen molar-refractivity contribution in [1.82, 2.24) is 24.6 Å². The fraction of sp³-hybridized carbons (Fsp3) is 0.150. The van der Waals surface area contributed by atoms with Crippen LogP contribution in [0.4, 0.5) is 0 Å². The zero-order valence-electron chi connectivity index (χ0n) is 14.8. The molecular weight excluding hydrogens is 342 g/mol. The zero-order valence-corrected chi connectivity index (χ0v) is 14.8. The molecule has 1 aromatic carbocycles. The molecular formula is C20H19N5O2. The van der Waals surface area contributed by atoms with E-state index < -0.39 is 11.8 Å². The maximum atomic E-state index is 12.3. The Hall–Kier alpha value is -3.45. The molecule has 2 N–H and O–H groups in total. The number of imidazole rings is 1. The lowest BCUT2D eigenvalue weighted by atomic mass is 9.96. The largest absolute Gasteiger partial charge is 0.303 e. The molecule has 7 nitrogen and oxygen atoms in total. The van der Waals surface area contributed by atoms with Gasteiger partial charge in [0.15, 0.2) is 0 Å². The van der Waals surface area contributed by atoms with Crippen LogP contribution in [0.3, 0.4) is 0 Å². The highest BCUT2D eigenvalue weighted by molar-refractivity contribution is 5.83. The van der Waals surface area contributed by atoms with Crippen molar-refractivity contribution in [2.45, 2.75) is 12.3 Å². The number of hydroxylamine groups is 1. The van der Waals surface area contributed by atoms with Crippen LogP contribution in [-0.2, 0) is 18.3 Å². The summed E-state index contributed by atoms with van der Waals surface area (Å²) in [4.78, 5) is 16.8. The van der Waals surface area contributed by atoms with Gasteiger partial charge in [-0.25, -0.2) is 10.5 Å². The summed E-state index contributed by atoms with van der Waals surface area (Å²) in [6, 6.07) is 15.6.